The van der Waals surface area contributed by atoms with Gasteiger partial charge < -0.3 is 10.1 Å². The van der Waals surface area contributed by atoms with Gasteiger partial charge in [-0.15, -0.1) is 5.10 Å². The van der Waals surface area contributed by atoms with Crippen LogP contribution < -0.4 is 5.32 Å². The lowest BCUT2D eigenvalue weighted by Crippen LogP contribution is -2.32. The van der Waals surface area contributed by atoms with Crippen molar-refractivity contribution in [2.24, 2.45) is 0 Å². The summed E-state index contributed by atoms with van der Waals surface area (Å²) in [6.45, 7) is 0.875. The van der Waals surface area contributed by atoms with E-state index in [2.05, 4.69) is 15.6 Å². The van der Waals surface area contributed by atoms with Crippen LogP contribution >= 0.6 is 0 Å². The van der Waals surface area contributed by atoms with Crippen molar-refractivity contribution in [3.63, 3.8) is 0 Å². The Balaban J connectivity index is 1.61. The van der Waals surface area contributed by atoms with E-state index in [0.717, 1.165) is 19.4 Å². The van der Waals surface area contributed by atoms with Gasteiger partial charge in [0, 0.05) is 12.1 Å². The molecule has 1 fully saturated rings. The molecular formula is C14H15N5O4. The number of nitro benzene ring substituents is 1. The topological polar surface area (TPSA) is 112 Å². The van der Waals surface area contributed by atoms with Gasteiger partial charge in [0.15, 0.2) is 0 Å². The molecule has 0 unspecified atom stereocenters. The number of benzene rings is 1. The average Bonchev–Trinajstić information content (AvgIpc) is 3.24. The lowest BCUT2D eigenvalue weighted by atomic mass is 10.2. The van der Waals surface area contributed by atoms with E-state index in [1.165, 1.54) is 16.8 Å². The maximum atomic E-state index is 11.8. The van der Waals surface area contributed by atoms with Gasteiger partial charge in [0.25, 0.3) is 5.69 Å². The van der Waals surface area contributed by atoms with E-state index in [9.17, 15) is 14.9 Å². The van der Waals surface area contributed by atoms with Gasteiger partial charge in [-0.05, 0) is 31.5 Å². The molecule has 0 spiro atoms. The molecule has 1 saturated heterocycles. The number of esters is 1. The maximum absolute atomic E-state index is 11.8. The normalized spacial score (nSPS) is 17.1. The van der Waals surface area contributed by atoms with Crippen molar-refractivity contribution < 1.29 is 14.5 Å². The molecule has 3 rings (SSSR count). The molecule has 1 aliphatic rings. The predicted octanol–water partition coefficient (Wildman–Crippen LogP) is 0.971. The molecule has 1 aliphatic heterocycles. The largest absolute Gasteiger partial charge is 0.458 e. The molecule has 0 saturated carbocycles. The highest BCUT2D eigenvalue weighted by Crippen LogP contribution is 2.15. The monoisotopic (exact) mass is 317 g/mol. The first-order valence-corrected chi connectivity index (χ1v) is 7.19. The van der Waals surface area contributed by atoms with Gasteiger partial charge in [-0.25, -0.2) is 4.68 Å². The summed E-state index contributed by atoms with van der Waals surface area (Å²) in [7, 11) is 0. The van der Waals surface area contributed by atoms with Crippen molar-refractivity contribution in [2.45, 2.75) is 25.5 Å². The van der Waals surface area contributed by atoms with Gasteiger partial charge in [0.05, 0.1) is 16.8 Å². The highest BCUT2D eigenvalue weighted by molar-refractivity contribution is 5.76. The van der Waals surface area contributed by atoms with E-state index in [-0.39, 0.29) is 24.3 Å². The lowest BCUT2D eigenvalue weighted by Gasteiger charge is -2.08. The molecular weight excluding hydrogens is 302 g/mol. The predicted molar refractivity (Wildman–Crippen MR) is 78.8 cm³/mol. The van der Waals surface area contributed by atoms with Gasteiger partial charge >= 0.3 is 5.97 Å². The number of rotatable bonds is 5. The Morgan fingerprint density at radius 1 is 1.43 bits per heavy atom. The van der Waals surface area contributed by atoms with Crippen LogP contribution in [-0.4, -0.2) is 38.5 Å². The summed E-state index contributed by atoms with van der Waals surface area (Å²) in [4.78, 5) is 22.0. The van der Waals surface area contributed by atoms with Crippen LogP contribution in [0.25, 0.3) is 5.69 Å². The Kier molecular flexibility index (Phi) is 4.29. The number of hydrogen-bond donors (Lipinski definition) is 1. The fraction of sp³-hybridized carbons (Fsp3) is 0.357. The molecule has 0 bridgehead atoms. The summed E-state index contributed by atoms with van der Waals surface area (Å²) < 4.78 is 6.68. The van der Waals surface area contributed by atoms with E-state index < -0.39 is 4.92 Å². The molecule has 23 heavy (non-hydrogen) atoms. The van der Waals surface area contributed by atoms with E-state index >= 15 is 0 Å². The zero-order chi connectivity index (χ0) is 16.2. The highest BCUT2D eigenvalue weighted by Gasteiger charge is 2.23. The van der Waals surface area contributed by atoms with Gasteiger partial charge in [-0.3, -0.25) is 14.9 Å². The SMILES string of the molecule is O=C(OCc1cn(-c2ccc([N+](=O)[O-])cc2)nn1)[C@@H]1CCCN1. The zero-order valence-electron chi connectivity index (χ0n) is 12.2. The first-order chi connectivity index (χ1) is 11.1. The summed E-state index contributed by atoms with van der Waals surface area (Å²) in [6, 6.07) is 5.70. The van der Waals surface area contributed by atoms with Gasteiger partial charge in [0.2, 0.25) is 0 Å². The third-order valence-electron chi connectivity index (χ3n) is 3.57. The van der Waals surface area contributed by atoms with Crippen molar-refractivity contribution in [1.29, 1.82) is 0 Å². The van der Waals surface area contributed by atoms with Crippen LogP contribution in [0, 0.1) is 10.1 Å². The summed E-state index contributed by atoms with van der Waals surface area (Å²) in [5.74, 6) is -0.285. The number of ether oxygens (including phenoxy) is 1. The quantitative estimate of drug-likeness (QED) is 0.496. The Bertz CT molecular complexity index is 706. The van der Waals surface area contributed by atoms with Gasteiger partial charge in [-0.2, -0.15) is 0 Å². The van der Waals surface area contributed by atoms with Crippen molar-refractivity contribution in [2.75, 3.05) is 6.54 Å². The second kappa shape index (κ2) is 6.53. The molecule has 0 amide bonds. The van der Waals surface area contributed by atoms with Crippen molar-refractivity contribution >= 4 is 11.7 Å². The second-order valence-electron chi connectivity index (χ2n) is 5.18. The number of non-ortho nitro benzene ring substituents is 1. The number of nitro groups is 1. The maximum Gasteiger partial charge on any atom is 0.323 e. The minimum atomic E-state index is -0.465. The Morgan fingerprint density at radius 3 is 2.87 bits per heavy atom. The van der Waals surface area contributed by atoms with Crippen LogP contribution in [0.1, 0.15) is 18.5 Å². The Hall–Kier alpha value is -2.81. The Labute approximate surface area is 131 Å². The lowest BCUT2D eigenvalue weighted by molar-refractivity contribution is -0.384. The molecule has 9 heteroatoms. The third-order valence-corrected chi connectivity index (χ3v) is 3.57. The minimum Gasteiger partial charge on any atom is -0.458 e. The van der Waals surface area contributed by atoms with Crippen LogP contribution in [0.4, 0.5) is 5.69 Å². The number of carbonyl (C=O) groups excluding carboxylic acids is 1. The molecule has 1 N–H and O–H groups in total. The van der Waals surface area contributed by atoms with E-state index in [1.54, 1.807) is 18.3 Å². The molecule has 120 valence electrons. The number of nitrogens with zero attached hydrogens (tertiary/aromatic N) is 4. The molecule has 9 nitrogen and oxygen atoms in total. The van der Waals surface area contributed by atoms with Crippen LogP contribution in [0.15, 0.2) is 30.5 Å². The fourth-order valence-electron chi connectivity index (χ4n) is 2.35. The third kappa shape index (κ3) is 3.51. The molecule has 2 heterocycles. The molecule has 0 radical (unpaired) electrons. The first-order valence-electron chi connectivity index (χ1n) is 7.19. The smallest absolute Gasteiger partial charge is 0.323 e. The summed E-state index contributed by atoms with van der Waals surface area (Å²) in [5, 5.41) is 21.6. The van der Waals surface area contributed by atoms with Gasteiger partial charge in [-0.1, -0.05) is 5.21 Å². The Morgan fingerprint density at radius 2 is 2.22 bits per heavy atom. The molecule has 1 aromatic heterocycles. The summed E-state index contributed by atoms with van der Waals surface area (Å²) >= 11 is 0. The van der Waals surface area contributed by atoms with Crippen LogP contribution in [0.5, 0.6) is 0 Å². The molecule has 1 atom stereocenters. The van der Waals surface area contributed by atoms with E-state index in [4.69, 9.17) is 4.74 Å². The van der Waals surface area contributed by atoms with Crippen molar-refractivity contribution in [3.05, 3.63) is 46.3 Å². The minimum absolute atomic E-state index is 0.00656. The number of carbonyl (C=O) groups is 1. The number of aromatic nitrogens is 3. The summed E-state index contributed by atoms with van der Waals surface area (Å²) in [6.07, 6.45) is 3.38. The van der Waals surface area contributed by atoms with Crippen LogP contribution in [0.3, 0.4) is 0 Å². The molecule has 0 aliphatic carbocycles. The van der Waals surface area contributed by atoms with E-state index in [0.29, 0.717) is 11.4 Å². The van der Waals surface area contributed by atoms with E-state index in [1.807, 2.05) is 0 Å². The standard InChI is InChI=1S/C14H15N5O4/c20-14(13-2-1-7-15-13)23-9-10-8-18(17-16-10)11-3-5-12(6-4-11)19(21)22/h3-6,8,13,15H,1-2,7,9H2/t13-/m0/s1. The molecule has 1 aromatic carbocycles. The van der Waals surface area contributed by atoms with Crippen molar-refractivity contribution in [1.82, 2.24) is 20.3 Å². The number of nitrogens with one attached hydrogen (secondary N) is 1. The highest BCUT2D eigenvalue weighted by atomic mass is 16.6. The molecule has 2 aromatic rings. The van der Waals surface area contributed by atoms with Crippen LogP contribution in [0.2, 0.25) is 0 Å². The summed E-state index contributed by atoms with van der Waals surface area (Å²) in [5.41, 5.74) is 1.15. The van der Waals surface area contributed by atoms with Crippen molar-refractivity contribution in [3.8, 4) is 5.69 Å². The second-order valence-corrected chi connectivity index (χ2v) is 5.18. The zero-order valence-corrected chi connectivity index (χ0v) is 12.2. The first kappa shape index (κ1) is 15.1. The van der Waals surface area contributed by atoms with Gasteiger partial charge in [0.1, 0.15) is 18.3 Å². The fourth-order valence-corrected chi connectivity index (χ4v) is 2.35. The van der Waals surface area contributed by atoms with Crippen LogP contribution in [-0.2, 0) is 16.1 Å². The number of hydrogen-bond acceptors (Lipinski definition) is 7. The average molecular weight is 317 g/mol.